The number of aryl methyl sites for hydroxylation is 2. The van der Waals surface area contributed by atoms with Crippen LogP contribution < -0.4 is 10.3 Å². The van der Waals surface area contributed by atoms with Crippen LogP contribution in [0.1, 0.15) is 41.0 Å². The molecule has 0 aliphatic rings. The van der Waals surface area contributed by atoms with Crippen LogP contribution in [0.2, 0.25) is 0 Å². The molecule has 0 radical (unpaired) electrons. The topological polar surface area (TPSA) is 154 Å². The normalized spacial score (nSPS) is 11.6. The molecule has 1 amide bonds. The zero-order valence-electron chi connectivity index (χ0n) is 23.0. The zero-order valence-corrected chi connectivity index (χ0v) is 23.8. The van der Waals surface area contributed by atoms with E-state index in [4.69, 9.17) is 0 Å². The van der Waals surface area contributed by atoms with Gasteiger partial charge in [0.25, 0.3) is 21.5 Å². The number of fused-ring (bicyclic) bond motifs is 1. The molecule has 12 heteroatoms. The van der Waals surface area contributed by atoms with Crippen molar-refractivity contribution in [1.82, 2.24) is 30.0 Å². The van der Waals surface area contributed by atoms with Gasteiger partial charge in [0.15, 0.2) is 5.65 Å². The smallest absolute Gasteiger partial charge is 0.261 e. The average molecular weight is 572 g/mol. The number of hydrogen-bond donors (Lipinski definition) is 3. The van der Waals surface area contributed by atoms with Gasteiger partial charge in [-0.2, -0.15) is 5.10 Å². The SMILES string of the molecule is Cc1cc(C)c(CN(C(=O)c2cc(-c3cncc(NS(=O)(=O)c4ccccc4)c3)nc3[nH]ncc23)C(C)C)c(=O)[nH]1. The van der Waals surface area contributed by atoms with E-state index >= 15 is 0 Å². The molecule has 0 aliphatic heterocycles. The molecule has 0 fully saturated rings. The van der Waals surface area contributed by atoms with Crippen LogP contribution in [0.5, 0.6) is 0 Å². The third kappa shape index (κ3) is 5.73. The first-order chi connectivity index (χ1) is 19.5. The summed E-state index contributed by atoms with van der Waals surface area (Å²) in [5.74, 6) is -0.302. The number of rotatable bonds is 8. The predicted molar refractivity (Wildman–Crippen MR) is 156 cm³/mol. The quantitative estimate of drug-likeness (QED) is 0.252. The molecule has 0 aliphatic carbocycles. The van der Waals surface area contributed by atoms with Crippen LogP contribution in [0.4, 0.5) is 5.69 Å². The molecule has 4 heterocycles. The van der Waals surface area contributed by atoms with E-state index in [2.05, 4.69) is 29.9 Å². The van der Waals surface area contributed by atoms with E-state index in [1.807, 2.05) is 33.8 Å². The number of carbonyl (C=O) groups excluding carboxylic acids is 1. The Hall–Kier alpha value is -4.84. The number of aromatic amines is 2. The van der Waals surface area contributed by atoms with Crippen molar-refractivity contribution in [2.24, 2.45) is 0 Å². The van der Waals surface area contributed by atoms with Gasteiger partial charge in [-0.15, -0.1) is 0 Å². The largest absolute Gasteiger partial charge is 0.332 e. The van der Waals surface area contributed by atoms with Gasteiger partial charge in [-0.1, -0.05) is 18.2 Å². The summed E-state index contributed by atoms with van der Waals surface area (Å²) < 4.78 is 28.2. The van der Waals surface area contributed by atoms with Gasteiger partial charge in [0.2, 0.25) is 0 Å². The van der Waals surface area contributed by atoms with Crippen molar-refractivity contribution >= 4 is 32.7 Å². The number of anilines is 1. The fraction of sp³-hybridized carbons (Fsp3) is 0.207. The minimum absolute atomic E-state index is 0.117. The van der Waals surface area contributed by atoms with Crippen LogP contribution in [-0.4, -0.2) is 50.4 Å². The molecule has 210 valence electrons. The summed E-state index contributed by atoms with van der Waals surface area (Å²) in [5, 5.41) is 7.43. The number of H-pyrrole nitrogens is 2. The van der Waals surface area contributed by atoms with E-state index < -0.39 is 10.0 Å². The Morgan fingerprint density at radius 1 is 1.05 bits per heavy atom. The first-order valence-corrected chi connectivity index (χ1v) is 14.4. The number of hydrogen-bond acceptors (Lipinski definition) is 7. The minimum atomic E-state index is -3.84. The fourth-order valence-electron chi connectivity index (χ4n) is 4.60. The highest BCUT2D eigenvalue weighted by Crippen LogP contribution is 2.28. The number of carbonyl (C=O) groups is 1. The molecule has 0 atom stereocenters. The second-order valence-corrected chi connectivity index (χ2v) is 11.7. The lowest BCUT2D eigenvalue weighted by atomic mass is 10.0. The maximum Gasteiger partial charge on any atom is 0.261 e. The molecular formula is C29H29N7O4S. The summed E-state index contributed by atoms with van der Waals surface area (Å²) in [4.78, 5) is 40.1. The standard InChI is InChI=1S/C29H29N7O4S/c1-17(2)36(16-25-18(3)10-19(4)32-28(25)37)29(38)23-12-26(33-27-24(23)15-31-34-27)20-11-21(14-30-13-20)35-41(39,40)22-8-6-5-7-9-22/h5-15,17,35H,16H2,1-4H3,(H,32,37)(H,31,33,34). The number of amides is 1. The molecule has 41 heavy (non-hydrogen) atoms. The number of sulfonamides is 1. The summed E-state index contributed by atoms with van der Waals surface area (Å²) >= 11 is 0. The van der Waals surface area contributed by atoms with E-state index in [9.17, 15) is 18.0 Å². The molecule has 1 aromatic carbocycles. The predicted octanol–water partition coefficient (Wildman–Crippen LogP) is 4.18. The Labute approximate surface area is 236 Å². The molecule has 0 saturated carbocycles. The van der Waals surface area contributed by atoms with E-state index in [0.29, 0.717) is 33.4 Å². The molecule has 5 aromatic rings. The van der Waals surface area contributed by atoms with Gasteiger partial charge >= 0.3 is 0 Å². The summed E-state index contributed by atoms with van der Waals surface area (Å²) in [6, 6.07) is 12.9. The second kappa shape index (κ2) is 11.0. The van der Waals surface area contributed by atoms with Crippen molar-refractivity contribution in [3.63, 3.8) is 0 Å². The molecule has 0 bridgehead atoms. The summed E-state index contributed by atoms with van der Waals surface area (Å²) in [5.41, 5.74) is 3.68. The lowest BCUT2D eigenvalue weighted by Crippen LogP contribution is -2.38. The van der Waals surface area contributed by atoms with Gasteiger partial charge in [-0.3, -0.25) is 24.4 Å². The number of nitrogens with one attached hydrogen (secondary N) is 3. The number of pyridine rings is 3. The van der Waals surface area contributed by atoms with Crippen LogP contribution in [-0.2, 0) is 16.6 Å². The van der Waals surface area contributed by atoms with Crippen LogP contribution >= 0.6 is 0 Å². The van der Waals surface area contributed by atoms with Gasteiger partial charge in [0.05, 0.1) is 46.2 Å². The highest BCUT2D eigenvalue weighted by Gasteiger charge is 2.25. The number of nitrogens with zero attached hydrogens (tertiary/aromatic N) is 4. The van der Waals surface area contributed by atoms with Crippen molar-refractivity contribution in [2.75, 3.05) is 4.72 Å². The number of aromatic nitrogens is 5. The molecular weight excluding hydrogens is 542 g/mol. The Kier molecular flexibility index (Phi) is 7.41. The Morgan fingerprint density at radius 3 is 2.51 bits per heavy atom. The van der Waals surface area contributed by atoms with Gasteiger partial charge in [0.1, 0.15) is 0 Å². The van der Waals surface area contributed by atoms with Crippen molar-refractivity contribution < 1.29 is 13.2 Å². The first kappa shape index (κ1) is 27.7. The van der Waals surface area contributed by atoms with Crippen LogP contribution in [0, 0.1) is 13.8 Å². The average Bonchev–Trinajstić information content (AvgIpc) is 3.41. The minimum Gasteiger partial charge on any atom is -0.332 e. The Bertz CT molecular complexity index is 1920. The summed E-state index contributed by atoms with van der Waals surface area (Å²) in [6.07, 6.45) is 4.46. The zero-order chi connectivity index (χ0) is 29.3. The van der Waals surface area contributed by atoms with E-state index in [0.717, 1.165) is 11.3 Å². The third-order valence-electron chi connectivity index (χ3n) is 6.70. The molecule has 11 nitrogen and oxygen atoms in total. The fourth-order valence-corrected chi connectivity index (χ4v) is 5.65. The lowest BCUT2D eigenvalue weighted by Gasteiger charge is -2.27. The number of benzene rings is 1. The van der Waals surface area contributed by atoms with E-state index in [1.165, 1.54) is 30.7 Å². The van der Waals surface area contributed by atoms with Crippen LogP contribution in [0.15, 0.2) is 76.8 Å². The van der Waals surface area contributed by atoms with Crippen LogP contribution in [0.25, 0.3) is 22.3 Å². The second-order valence-electron chi connectivity index (χ2n) is 10.0. The highest BCUT2D eigenvalue weighted by atomic mass is 32.2. The molecule has 0 unspecified atom stereocenters. The first-order valence-electron chi connectivity index (χ1n) is 12.9. The summed E-state index contributed by atoms with van der Waals surface area (Å²) in [6.45, 7) is 7.56. The maximum atomic E-state index is 14.0. The van der Waals surface area contributed by atoms with Gasteiger partial charge in [0, 0.05) is 29.1 Å². The van der Waals surface area contributed by atoms with E-state index in [1.54, 1.807) is 35.2 Å². The molecule has 5 rings (SSSR count). The van der Waals surface area contributed by atoms with Crippen LogP contribution in [0.3, 0.4) is 0 Å². The Balaban J connectivity index is 1.52. The lowest BCUT2D eigenvalue weighted by molar-refractivity contribution is 0.0691. The third-order valence-corrected chi connectivity index (χ3v) is 8.10. The molecule has 4 aromatic heterocycles. The molecule has 0 saturated heterocycles. The molecule has 0 spiro atoms. The van der Waals surface area contributed by atoms with Crippen molar-refractivity contribution in [1.29, 1.82) is 0 Å². The van der Waals surface area contributed by atoms with Gasteiger partial charge in [-0.05, 0) is 63.6 Å². The van der Waals surface area contributed by atoms with E-state index in [-0.39, 0.29) is 34.6 Å². The molecule has 3 N–H and O–H groups in total. The Morgan fingerprint density at radius 2 is 1.80 bits per heavy atom. The van der Waals surface area contributed by atoms with Crippen molar-refractivity contribution in [2.45, 2.75) is 45.2 Å². The highest BCUT2D eigenvalue weighted by molar-refractivity contribution is 7.92. The maximum absolute atomic E-state index is 14.0. The summed E-state index contributed by atoms with van der Waals surface area (Å²) in [7, 11) is -3.84. The van der Waals surface area contributed by atoms with Crippen molar-refractivity contribution in [3.8, 4) is 11.3 Å². The van der Waals surface area contributed by atoms with Gasteiger partial charge in [-0.25, -0.2) is 13.4 Å². The monoisotopic (exact) mass is 571 g/mol. The van der Waals surface area contributed by atoms with Gasteiger partial charge < -0.3 is 9.88 Å². The van der Waals surface area contributed by atoms with Crippen molar-refractivity contribution in [3.05, 3.63) is 99.9 Å².